The summed E-state index contributed by atoms with van der Waals surface area (Å²) in [6.07, 6.45) is 3.82. The van der Waals surface area contributed by atoms with Gasteiger partial charge in [-0.15, -0.1) is 0 Å². The summed E-state index contributed by atoms with van der Waals surface area (Å²) in [5.74, 6) is 0.137. The molecule has 0 unspecified atom stereocenters. The van der Waals surface area contributed by atoms with Crippen LogP contribution in [0.15, 0.2) is 12.5 Å². The van der Waals surface area contributed by atoms with Crippen LogP contribution < -0.4 is 16.8 Å². The third-order valence-electron chi connectivity index (χ3n) is 1.63. The van der Waals surface area contributed by atoms with Crippen molar-refractivity contribution in [2.75, 3.05) is 17.6 Å². The molecule has 0 bridgehead atoms. The predicted molar refractivity (Wildman–Crippen MR) is 53.4 cm³/mol. The van der Waals surface area contributed by atoms with E-state index in [0.717, 1.165) is 0 Å². The highest BCUT2D eigenvalue weighted by atomic mass is 16.1. The Labute approximate surface area is 81.7 Å². The minimum absolute atomic E-state index is 0.128. The van der Waals surface area contributed by atoms with E-state index < -0.39 is 0 Å². The first-order valence-electron chi connectivity index (χ1n) is 4.29. The van der Waals surface area contributed by atoms with Gasteiger partial charge in [0, 0.05) is 6.42 Å². The summed E-state index contributed by atoms with van der Waals surface area (Å²) in [7, 11) is 0. The van der Waals surface area contributed by atoms with Crippen LogP contribution in [0.5, 0.6) is 0 Å². The number of carbonyl (C=O) groups is 1. The van der Waals surface area contributed by atoms with Crippen molar-refractivity contribution >= 4 is 17.4 Å². The summed E-state index contributed by atoms with van der Waals surface area (Å²) in [6, 6.07) is 0. The topological polar surface area (TPSA) is 107 Å². The smallest absolute Gasteiger partial charge is 0.224 e. The summed E-state index contributed by atoms with van der Waals surface area (Å²) in [5.41, 5.74) is 11.2. The monoisotopic (exact) mass is 195 g/mol. The fraction of sp³-hybridized carbons (Fsp3) is 0.375. The Morgan fingerprint density at radius 2 is 2.36 bits per heavy atom. The lowest BCUT2D eigenvalue weighted by Crippen LogP contribution is -2.15. The molecule has 76 valence electrons. The van der Waals surface area contributed by atoms with Crippen molar-refractivity contribution in [3.05, 3.63) is 12.5 Å². The molecule has 1 amide bonds. The largest absolute Gasteiger partial charge is 0.382 e. The Hall–Kier alpha value is -1.69. The van der Waals surface area contributed by atoms with Gasteiger partial charge in [-0.25, -0.2) is 9.97 Å². The van der Waals surface area contributed by atoms with Gasteiger partial charge in [-0.3, -0.25) is 4.79 Å². The molecular weight excluding hydrogens is 182 g/mol. The first-order valence-corrected chi connectivity index (χ1v) is 4.29. The molecule has 0 aromatic carbocycles. The van der Waals surface area contributed by atoms with Gasteiger partial charge in [-0.1, -0.05) is 0 Å². The maximum Gasteiger partial charge on any atom is 0.224 e. The number of nitrogens with zero attached hydrogens (tertiary/aromatic N) is 2. The highest BCUT2D eigenvalue weighted by molar-refractivity contribution is 5.92. The van der Waals surface area contributed by atoms with Crippen molar-refractivity contribution in [1.29, 1.82) is 0 Å². The summed E-state index contributed by atoms with van der Waals surface area (Å²) >= 11 is 0. The van der Waals surface area contributed by atoms with E-state index in [1.165, 1.54) is 12.5 Å². The Morgan fingerprint density at radius 1 is 1.57 bits per heavy atom. The van der Waals surface area contributed by atoms with Gasteiger partial charge in [0.05, 0.1) is 6.20 Å². The molecule has 0 saturated heterocycles. The summed E-state index contributed by atoms with van der Waals surface area (Å²) in [5, 5.41) is 2.60. The zero-order valence-corrected chi connectivity index (χ0v) is 7.73. The zero-order valence-electron chi connectivity index (χ0n) is 7.73. The third kappa shape index (κ3) is 2.98. The Bertz CT molecular complexity index is 314. The van der Waals surface area contributed by atoms with Gasteiger partial charge in [0.25, 0.3) is 0 Å². The molecule has 0 spiro atoms. The second-order valence-corrected chi connectivity index (χ2v) is 2.76. The number of nitrogens with two attached hydrogens (primary N) is 2. The number of carbonyl (C=O) groups excluding carboxylic acids is 1. The number of hydrogen-bond donors (Lipinski definition) is 3. The molecule has 0 aliphatic heterocycles. The van der Waals surface area contributed by atoms with Crippen LogP contribution in [0.1, 0.15) is 12.8 Å². The van der Waals surface area contributed by atoms with Crippen LogP contribution in [0.2, 0.25) is 0 Å². The molecule has 1 rings (SSSR count). The molecule has 0 aliphatic rings. The predicted octanol–water partition coefficient (Wildman–Crippen LogP) is -0.264. The van der Waals surface area contributed by atoms with Crippen LogP contribution in [-0.4, -0.2) is 22.4 Å². The van der Waals surface area contributed by atoms with Crippen molar-refractivity contribution in [2.45, 2.75) is 12.8 Å². The normalized spacial score (nSPS) is 9.79. The fourth-order valence-corrected chi connectivity index (χ4v) is 0.911. The lowest BCUT2D eigenvalue weighted by atomic mass is 10.3. The maximum atomic E-state index is 11.2. The van der Waals surface area contributed by atoms with Gasteiger partial charge < -0.3 is 16.8 Å². The van der Waals surface area contributed by atoms with E-state index in [9.17, 15) is 4.79 Å². The molecule has 5 N–H and O–H groups in total. The van der Waals surface area contributed by atoms with Gasteiger partial charge in [0.15, 0.2) is 5.82 Å². The lowest BCUT2D eigenvalue weighted by Gasteiger charge is -2.05. The first kappa shape index (κ1) is 10.4. The van der Waals surface area contributed by atoms with E-state index in [4.69, 9.17) is 11.5 Å². The Morgan fingerprint density at radius 3 is 3.00 bits per heavy atom. The highest BCUT2D eigenvalue weighted by Crippen LogP contribution is 2.12. The number of anilines is 2. The minimum atomic E-state index is -0.128. The average molecular weight is 195 g/mol. The molecular formula is C8H13N5O. The Kier molecular flexibility index (Phi) is 3.81. The molecule has 0 atom stereocenters. The van der Waals surface area contributed by atoms with Crippen molar-refractivity contribution < 1.29 is 4.79 Å². The molecule has 0 radical (unpaired) electrons. The van der Waals surface area contributed by atoms with Crippen molar-refractivity contribution in [3.63, 3.8) is 0 Å². The molecule has 6 nitrogen and oxygen atoms in total. The van der Waals surface area contributed by atoms with Crippen molar-refractivity contribution in [1.82, 2.24) is 9.97 Å². The fourth-order valence-electron chi connectivity index (χ4n) is 0.911. The van der Waals surface area contributed by atoms with E-state index in [0.29, 0.717) is 25.1 Å². The number of nitrogens with one attached hydrogen (secondary N) is 1. The maximum absolute atomic E-state index is 11.2. The SMILES string of the molecule is NCCCC(=O)Nc1cncnc1N. The van der Waals surface area contributed by atoms with E-state index in [-0.39, 0.29) is 11.7 Å². The van der Waals surface area contributed by atoms with Crippen molar-refractivity contribution in [3.8, 4) is 0 Å². The standard InChI is InChI=1S/C8H13N5O/c9-3-1-2-7(14)13-6-4-11-5-12-8(6)10/h4-5H,1-3,9H2,(H,13,14)(H2,10,11,12). The highest BCUT2D eigenvalue weighted by Gasteiger charge is 2.04. The molecule has 1 heterocycles. The second-order valence-electron chi connectivity index (χ2n) is 2.76. The molecule has 1 aromatic rings. The molecule has 0 fully saturated rings. The van der Waals surface area contributed by atoms with Crippen LogP contribution >= 0.6 is 0 Å². The number of hydrogen-bond acceptors (Lipinski definition) is 5. The lowest BCUT2D eigenvalue weighted by molar-refractivity contribution is -0.116. The quantitative estimate of drug-likeness (QED) is 0.613. The van der Waals surface area contributed by atoms with Gasteiger partial charge in [0.1, 0.15) is 12.0 Å². The van der Waals surface area contributed by atoms with Crippen LogP contribution in [0.25, 0.3) is 0 Å². The van der Waals surface area contributed by atoms with Crippen LogP contribution in [0.3, 0.4) is 0 Å². The summed E-state index contributed by atoms with van der Waals surface area (Å²) < 4.78 is 0. The minimum Gasteiger partial charge on any atom is -0.382 e. The van der Waals surface area contributed by atoms with E-state index in [2.05, 4.69) is 15.3 Å². The van der Waals surface area contributed by atoms with E-state index in [1.807, 2.05) is 0 Å². The zero-order chi connectivity index (χ0) is 10.4. The number of nitrogen functional groups attached to an aromatic ring is 1. The van der Waals surface area contributed by atoms with Gasteiger partial charge in [-0.05, 0) is 13.0 Å². The van der Waals surface area contributed by atoms with Crippen molar-refractivity contribution in [2.24, 2.45) is 5.73 Å². The summed E-state index contributed by atoms with van der Waals surface area (Å²) in [6.45, 7) is 0.494. The molecule has 6 heteroatoms. The summed E-state index contributed by atoms with van der Waals surface area (Å²) in [4.78, 5) is 18.7. The number of rotatable bonds is 4. The van der Waals surface area contributed by atoms with Crippen LogP contribution in [0, 0.1) is 0 Å². The molecule has 0 saturated carbocycles. The third-order valence-corrected chi connectivity index (χ3v) is 1.63. The number of aromatic nitrogens is 2. The second kappa shape index (κ2) is 5.13. The number of amides is 1. The van der Waals surface area contributed by atoms with Crippen LogP contribution in [0.4, 0.5) is 11.5 Å². The average Bonchev–Trinajstić information content (AvgIpc) is 2.18. The molecule has 0 aliphatic carbocycles. The molecule has 14 heavy (non-hydrogen) atoms. The molecule has 1 aromatic heterocycles. The van der Waals surface area contributed by atoms with Gasteiger partial charge in [-0.2, -0.15) is 0 Å². The van der Waals surface area contributed by atoms with E-state index in [1.54, 1.807) is 0 Å². The Balaban J connectivity index is 2.52. The first-order chi connectivity index (χ1) is 6.74. The van der Waals surface area contributed by atoms with Crippen LogP contribution in [-0.2, 0) is 4.79 Å². The van der Waals surface area contributed by atoms with E-state index >= 15 is 0 Å². The van der Waals surface area contributed by atoms with Gasteiger partial charge in [0.2, 0.25) is 5.91 Å². The van der Waals surface area contributed by atoms with Gasteiger partial charge >= 0.3 is 0 Å².